The summed E-state index contributed by atoms with van der Waals surface area (Å²) >= 11 is 0. The topological polar surface area (TPSA) is 90.3 Å². The van der Waals surface area contributed by atoms with Crippen molar-refractivity contribution in [2.75, 3.05) is 20.6 Å². The van der Waals surface area contributed by atoms with E-state index in [1.165, 1.54) is 11.6 Å². The van der Waals surface area contributed by atoms with Crippen molar-refractivity contribution in [1.82, 2.24) is 9.80 Å². The Hall–Kier alpha value is -2.90. The Morgan fingerprint density at radius 2 is 2.06 bits per heavy atom. The lowest BCUT2D eigenvalue weighted by Crippen LogP contribution is -2.79. The van der Waals surface area contributed by atoms with E-state index in [1.807, 2.05) is 44.1 Å². The van der Waals surface area contributed by atoms with Crippen molar-refractivity contribution in [3.05, 3.63) is 58.7 Å². The summed E-state index contributed by atoms with van der Waals surface area (Å²) in [6.45, 7) is 2.67. The highest BCUT2D eigenvalue weighted by molar-refractivity contribution is 6.06. The molecular formula is C28H32N2O5. The molecule has 35 heavy (non-hydrogen) atoms. The summed E-state index contributed by atoms with van der Waals surface area (Å²) in [5.41, 5.74) is 1.32. The first-order valence-corrected chi connectivity index (χ1v) is 12.5. The standard InChI is InChI=1S/C28H32N2O5/c1-16-5-4-6-17(15-16)7-10-21(32)30(3)19-11-12-28(34)25-23(33)18-8-9-20(31)24-22(18)27(28,26(19)35-24)13-14-29(25)2/h4-6,8-9,15,19,25-26,31,34H,7,10-14H2,1-3H3/t19?,25-,26?,27+,28-/m1/s1. The lowest BCUT2D eigenvalue weighted by atomic mass is 9.48. The van der Waals surface area contributed by atoms with Crippen LogP contribution in [0.3, 0.4) is 0 Å². The number of likely N-dealkylation sites (tertiary alicyclic amines) is 1. The lowest BCUT2D eigenvalue weighted by molar-refractivity contribution is -0.185. The van der Waals surface area contributed by atoms with E-state index in [9.17, 15) is 19.8 Å². The van der Waals surface area contributed by atoms with Gasteiger partial charge < -0.3 is 19.8 Å². The molecule has 2 aromatic carbocycles. The van der Waals surface area contributed by atoms with Crippen molar-refractivity contribution in [3.63, 3.8) is 0 Å². The predicted octanol–water partition coefficient (Wildman–Crippen LogP) is 2.58. The number of carbonyl (C=O) groups excluding carboxylic acids is 2. The number of hydrogen-bond acceptors (Lipinski definition) is 6. The number of aliphatic hydroxyl groups is 1. The second-order valence-corrected chi connectivity index (χ2v) is 10.9. The molecule has 2 unspecified atom stereocenters. The molecular weight excluding hydrogens is 444 g/mol. The number of phenols is 1. The van der Waals surface area contributed by atoms with Gasteiger partial charge in [0.15, 0.2) is 17.3 Å². The van der Waals surface area contributed by atoms with Crippen LogP contribution in [0.25, 0.3) is 0 Å². The summed E-state index contributed by atoms with van der Waals surface area (Å²) in [5, 5.41) is 22.9. The summed E-state index contributed by atoms with van der Waals surface area (Å²) in [6.07, 6.45) is 2.03. The molecule has 6 rings (SSSR count). The number of likely N-dealkylation sites (N-methyl/N-ethyl adjacent to an activating group) is 2. The number of carbonyl (C=O) groups is 2. The molecule has 2 aliphatic heterocycles. The maximum absolute atomic E-state index is 13.5. The molecule has 2 N–H and O–H groups in total. The van der Waals surface area contributed by atoms with E-state index < -0.39 is 23.2 Å². The van der Waals surface area contributed by atoms with Crippen LogP contribution < -0.4 is 4.74 Å². The number of amides is 1. The van der Waals surface area contributed by atoms with Gasteiger partial charge in [-0.05, 0) is 63.9 Å². The van der Waals surface area contributed by atoms with Crippen molar-refractivity contribution in [1.29, 1.82) is 0 Å². The number of rotatable bonds is 4. The van der Waals surface area contributed by atoms with E-state index in [1.54, 1.807) is 11.0 Å². The SMILES string of the molecule is Cc1cccc(CCC(=O)N(C)C2CC[C@@]3(O)[C@H]4C(=O)c5ccc(O)c6c5[C@@]3(CCN4C)C2O6)c1. The van der Waals surface area contributed by atoms with Crippen LogP contribution in [-0.4, -0.2) is 76.1 Å². The molecule has 2 heterocycles. The van der Waals surface area contributed by atoms with Gasteiger partial charge in [-0.2, -0.15) is 0 Å². The van der Waals surface area contributed by atoms with Gasteiger partial charge in [0.1, 0.15) is 17.7 Å². The van der Waals surface area contributed by atoms with E-state index in [-0.39, 0.29) is 23.5 Å². The average Bonchev–Trinajstić information content (AvgIpc) is 3.18. The number of phenolic OH excluding ortho intramolecular Hbond substituents is 1. The van der Waals surface area contributed by atoms with Gasteiger partial charge in [-0.3, -0.25) is 14.5 Å². The summed E-state index contributed by atoms with van der Waals surface area (Å²) < 4.78 is 6.45. The highest BCUT2D eigenvalue weighted by Gasteiger charge is 2.75. The first kappa shape index (κ1) is 22.6. The second-order valence-electron chi connectivity index (χ2n) is 10.9. The van der Waals surface area contributed by atoms with Crippen molar-refractivity contribution in [3.8, 4) is 11.5 Å². The normalized spacial score (nSPS) is 32.7. The molecule has 7 nitrogen and oxygen atoms in total. The Balaban J connectivity index is 1.36. The van der Waals surface area contributed by atoms with Crippen molar-refractivity contribution in [2.45, 2.75) is 68.2 Å². The Morgan fingerprint density at radius 1 is 1.26 bits per heavy atom. The molecule has 2 fully saturated rings. The number of ether oxygens (including phenoxy) is 1. The third-order valence-electron chi connectivity index (χ3n) is 9.12. The number of hydrogen-bond donors (Lipinski definition) is 2. The fourth-order valence-electron chi connectivity index (χ4n) is 7.47. The van der Waals surface area contributed by atoms with Crippen molar-refractivity contribution < 1.29 is 24.5 Å². The molecule has 2 bridgehead atoms. The number of nitrogens with zero attached hydrogens (tertiary/aromatic N) is 2. The lowest BCUT2D eigenvalue weighted by Gasteiger charge is -2.63. The molecule has 1 saturated heterocycles. The quantitative estimate of drug-likeness (QED) is 0.705. The Kier molecular flexibility index (Phi) is 4.86. The third kappa shape index (κ3) is 2.85. The van der Waals surface area contributed by atoms with Crippen LogP contribution in [0.15, 0.2) is 36.4 Å². The van der Waals surface area contributed by atoms with Gasteiger partial charge in [-0.1, -0.05) is 29.8 Å². The maximum atomic E-state index is 13.5. The monoisotopic (exact) mass is 476 g/mol. The molecule has 0 aromatic heterocycles. The molecule has 1 amide bonds. The van der Waals surface area contributed by atoms with Crippen LogP contribution in [0.4, 0.5) is 0 Å². The minimum atomic E-state index is -1.31. The van der Waals surface area contributed by atoms with Crippen LogP contribution in [-0.2, 0) is 16.6 Å². The fourth-order valence-corrected chi connectivity index (χ4v) is 7.47. The Labute approximate surface area is 205 Å². The van der Waals surface area contributed by atoms with Gasteiger partial charge in [-0.15, -0.1) is 0 Å². The first-order valence-electron chi connectivity index (χ1n) is 12.5. The minimum absolute atomic E-state index is 0.0211. The van der Waals surface area contributed by atoms with Gasteiger partial charge >= 0.3 is 0 Å². The maximum Gasteiger partial charge on any atom is 0.223 e. The first-order chi connectivity index (χ1) is 16.7. The van der Waals surface area contributed by atoms with Gasteiger partial charge in [0.05, 0.1) is 11.5 Å². The third-order valence-corrected chi connectivity index (χ3v) is 9.12. The number of piperidine rings is 1. The van der Waals surface area contributed by atoms with E-state index >= 15 is 0 Å². The van der Waals surface area contributed by atoms with Crippen LogP contribution in [0, 0.1) is 6.92 Å². The summed E-state index contributed by atoms with van der Waals surface area (Å²) in [4.78, 5) is 30.6. The molecule has 184 valence electrons. The second kappa shape index (κ2) is 7.55. The van der Waals surface area contributed by atoms with Crippen LogP contribution in [0.5, 0.6) is 11.5 Å². The number of Topliss-reactive ketones (excluding diaryl/α,β-unsaturated/α-hetero) is 1. The van der Waals surface area contributed by atoms with Gasteiger partial charge in [0.2, 0.25) is 5.91 Å². The molecule has 7 heteroatoms. The molecule has 2 aliphatic carbocycles. The number of ketones is 1. The van der Waals surface area contributed by atoms with Crippen LogP contribution >= 0.6 is 0 Å². The van der Waals surface area contributed by atoms with Gasteiger partial charge in [0.25, 0.3) is 0 Å². The molecule has 4 aliphatic rings. The van der Waals surface area contributed by atoms with Crippen molar-refractivity contribution in [2.24, 2.45) is 0 Å². The van der Waals surface area contributed by atoms with E-state index in [4.69, 9.17) is 4.74 Å². The zero-order valence-electron chi connectivity index (χ0n) is 20.5. The van der Waals surface area contributed by atoms with Crippen LogP contribution in [0.1, 0.15) is 52.7 Å². The summed E-state index contributed by atoms with van der Waals surface area (Å²) in [6, 6.07) is 10.4. The molecule has 1 spiro atoms. The van der Waals surface area contributed by atoms with Crippen molar-refractivity contribution >= 4 is 11.7 Å². The number of aromatic hydroxyl groups is 1. The van der Waals surface area contributed by atoms with Crippen LogP contribution in [0.2, 0.25) is 0 Å². The highest BCUT2D eigenvalue weighted by Crippen LogP contribution is 2.65. The minimum Gasteiger partial charge on any atom is -0.504 e. The zero-order chi connectivity index (χ0) is 24.7. The van der Waals surface area contributed by atoms with E-state index in [0.717, 1.165) is 5.56 Å². The average molecular weight is 477 g/mol. The molecule has 1 saturated carbocycles. The van der Waals surface area contributed by atoms with E-state index in [0.29, 0.717) is 55.5 Å². The molecule has 2 aromatic rings. The fraction of sp³-hybridized carbons (Fsp3) is 0.500. The largest absolute Gasteiger partial charge is 0.504 e. The zero-order valence-corrected chi connectivity index (χ0v) is 20.5. The Bertz CT molecular complexity index is 1240. The van der Waals surface area contributed by atoms with Gasteiger partial charge in [-0.25, -0.2) is 0 Å². The highest BCUT2D eigenvalue weighted by atomic mass is 16.5. The smallest absolute Gasteiger partial charge is 0.223 e. The molecule has 0 radical (unpaired) electrons. The summed E-state index contributed by atoms with van der Waals surface area (Å²) in [5.74, 6) is 0.188. The predicted molar refractivity (Wildman–Crippen MR) is 130 cm³/mol. The summed E-state index contributed by atoms with van der Waals surface area (Å²) in [7, 11) is 3.70. The molecule has 5 atom stereocenters. The number of aryl methyl sites for hydroxylation is 2. The number of benzene rings is 2. The Morgan fingerprint density at radius 3 is 2.83 bits per heavy atom. The van der Waals surface area contributed by atoms with E-state index in [2.05, 4.69) is 6.07 Å². The van der Waals surface area contributed by atoms with Gasteiger partial charge in [0, 0.05) is 24.6 Å².